The third-order valence-electron chi connectivity index (χ3n) is 4.52. The number of hydrogen-bond donors (Lipinski definition) is 4. The van der Waals surface area contributed by atoms with Crippen molar-refractivity contribution in [2.45, 2.75) is 39.4 Å². The number of carbonyl (C=O) groups excluding carboxylic acids is 1. The lowest BCUT2D eigenvalue weighted by Crippen LogP contribution is -2.27. The van der Waals surface area contributed by atoms with Gasteiger partial charge < -0.3 is 25.6 Å². The highest BCUT2D eigenvalue weighted by Crippen LogP contribution is 2.28. The van der Waals surface area contributed by atoms with Gasteiger partial charge in [0, 0.05) is 17.1 Å². The number of nitrogens with two attached hydrogens (primary N) is 1. The molecular formula is C25H28FN5O4. The summed E-state index contributed by atoms with van der Waals surface area (Å²) >= 11 is 0. The summed E-state index contributed by atoms with van der Waals surface area (Å²) in [5, 5.41) is 22.4. The van der Waals surface area contributed by atoms with Crippen molar-refractivity contribution < 1.29 is 23.8 Å². The first-order valence-corrected chi connectivity index (χ1v) is 10.8. The van der Waals surface area contributed by atoms with Crippen LogP contribution in [0.2, 0.25) is 0 Å². The number of halogens is 1. The zero-order chi connectivity index (χ0) is 25.8. The Bertz CT molecular complexity index is 1270. The van der Waals surface area contributed by atoms with Gasteiger partial charge >= 0.3 is 5.97 Å². The van der Waals surface area contributed by atoms with Crippen molar-refractivity contribution in [3.8, 4) is 5.75 Å². The number of allylic oxidation sites excluding steroid dienone is 1. The van der Waals surface area contributed by atoms with E-state index in [4.69, 9.17) is 20.6 Å². The smallest absolute Gasteiger partial charge is 0.344 e. The van der Waals surface area contributed by atoms with Gasteiger partial charge in [-0.1, -0.05) is 12.1 Å². The van der Waals surface area contributed by atoms with E-state index in [9.17, 15) is 14.3 Å². The van der Waals surface area contributed by atoms with Gasteiger partial charge in [0.2, 0.25) is 0 Å². The first kappa shape index (κ1) is 25.6. The molecule has 0 aliphatic heterocycles. The molecule has 10 heteroatoms. The van der Waals surface area contributed by atoms with Gasteiger partial charge in [0.05, 0.1) is 5.52 Å². The molecule has 0 radical (unpaired) electrons. The summed E-state index contributed by atoms with van der Waals surface area (Å²) in [6.45, 7) is 6.64. The van der Waals surface area contributed by atoms with Crippen LogP contribution < -0.4 is 15.8 Å². The average Bonchev–Trinajstić information content (AvgIpc) is 2.75. The van der Waals surface area contributed by atoms with Crippen molar-refractivity contribution in [1.82, 2.24) is 9.97 Å². The van der Waals surface area contributed by atoms with Crippen molar-refractivity contribution in [2.24, 2.45) is 5.73 Å². The third-order valence-corrected chi connectivity index (χ3v) is 4.52. The van der Waals surface area contributed by atoms with Crippen LogP contribution in [0.15, 0.2) is 54.2 Å². The molecule has 2 aromatic carbocycles. The van der Waals surface area contributed by atoms with Crippen molar-refractivity contribution in [3.05, 3.63) is 71.4 Å². The van der Waals surface area contributed by atoms with E-state index in [0.29, 0.717) is 27.9 Å². The minimum Gasteiger partial charge on any atom is -0.482 e. The van der Waals surface area contributed by atoms with Crippen molar-refractivity contribution in [2.75, 3.05) is 11.9 Å². The number of nitrogens with zero attached hydrogens (tertiary/aromatic N) is 2. The Morgan fingerprint density at radius 1 is 1.23 bits per heavy atom. The van der Waals surface area contributed by atoms with Crippen LogP contribution in [0.5, 0.6) is 5.75 Å². The highest BCUT2D eigenvalue weighted by molar-refractivity contribution is 6.06. The predicted molar refractivity (Wildman–Crippen MR) is 131 cm³/mol. The molecule has 9 nitrogen and oxygen atoms in total. The molecule has 1 unspecified atom stereocenters. The Morgan fingerprint density at radius 3 is 2.54 bits per heavy atom. The van der Waals surface area contributed by atoms with E-state index in [-0.39, 0.29) is 24.1 Å². The van der Waals surface area contributed by atoms with Crippen LogP contribution in [0.3, 0.4) is 0 Å². The molecule has 0 aliphatic carbocycles. The average molecular weight is 482 g/mol. The van der Waals surface area contributed by atoms with E-state index in [0.717, 1.165) is 0 Å². The molecule has 0 saturated carbocycles. The number of hydrogen-bond acceptors (Lipinski definition) is 8. The number of fused-ring (bicyclic) bond motifs is 1. The number of anilines is 1. The van der Waals surface area contributed by atoms with Gasteiger partial charge in [0.25, 0.3) is 0 Å². The molecular weight excluding hydrogens is 453 g/mol. The number of ether oxygens (including phenoxy) is 2. The zero-order valence-corrected chi connectivity index (χ0v) is 19.9. The fourth-order valence-electron chi connectivity index (χ4n) is 3.13. The second-order valence-electron chi connectivity index (χ2n) is 8.87. The van der Waals surface area contributed by atoms with Crippen LogP contribution in [0, 0.1) is 11.2 Å². The van der Waals surface area contributed by atoms with Gasteiger partial charge in [0.1, 0.15) is 34.9 Å². The molecule has 0 bridgehead atoms. The molecule has 0 amide bonds. The fourth-order valence-corrected chi connectivity index (χ4v) is 3.13. The van der Waals surface area contributed by atoms with E-state index in [2.05, 4.69) is 15.3 Å². The van der Waals surface area contributed by atoms with E-state index in [1.54, 1.807) is 45.9 Å². The molecule has 3 aromatic rings. The molecule has 1 heterocycles. The molecule has 0 aliphatic rings. The fraction of sp³-hybridized carbons (Fsp3) is 0.280. The first-order chi connectivity index (χ1) is 16.4. The number of carbonyl (C=O) groups is 1. The van der Waals surface area contributed by atoms with Crippen molar-refractivity contribution in [3.63, 3.8) is 0 Å². The topological polar surface area (TPSA) is 143 Å². The van der Waals surface area contributed by atoms with E-state index in [1.165, 1.54) is 30.3 Å². The number of benzene rings is 2. The Hall–Kier alpha value is -4.05. The van der Waals surface area contributed by atoms with Gasteiger partial charge in [-0.15, -0.1) is 0 Å². The van der Waals surface area contributed by atoms with Crippen LogP contribution in [0.1, 0.15) is 45.2 Å². The van der Waals surface area contributed by atoms with Crippen molar-refractivity contribution in [1.29, 1.82) is 5.41 Å². The van der Waals surface area contributed by atoms with E-state index in [1.807, 2.05) is 0 Å². The lowest BCUT2D eigenvalue weighted by molar-refractivity contribution is -0.157. The zero-order valence-electron chi connectivity index (χ0n) is 19.9. The molecule has 1 atom stereocenters. The Labute approximate surface area is 202 Å². The van der Waals surface area contributed by atoms with Gasteiger partial charge in [-0.2, -0.15) is 0 Å². The second kappa shape index (κ2) is 10.5. The summed E-state index contributed by atoms with van der Waals surface area (Å²) in [5.74, 6) is -0.343. The van der Waals surface area contributed by atoms with E-state index >= 15 is 0 Å². The summed E-state index contributed by atoms with van der Waals surface area (Å²) in [4.78, 5) is 20.8. The monoisotopic (exact) mass is 481 g/mol. The minimum atomic E-state index is -1.26. The summed E-state index contributed by atoms with van der Waals surface area (Å²) in [5.41, 5.74) is 6.23. The number of nitrogens with one attached hydrogen (secondary N) is 2. The molecule has 1 aromatic heterocycles. The predicted octanol–water partition coefficient (Wildman–Crippen LogP) is 3.82. The third kappa shape index (κ3) is 7.21. The van der Waals surface area contributed by atoms with Crippen LogP contribution in [0.25, 0.3) is 10.9 Å². The molecule has 0 fully saturated rings. The highest BCUT2D eigenvalue weighted by Gasteiger charge is 2.19. The first-order valence-electron chi connectivity index (χ1n) is 10.8. The Morgan fingerprint density at radius 2 is 1.91 bits per heavy atom. The molecule has 35 heavy (non-hydrogen) atoms. The summed E-state index contributed by atoms with van der Waals surface area (Å²) in [6, 6.07) is 10.2. The van der Waals surface area contributed by atoms with Crippen LogP contribution in [-0.2, 0) is 9.53 Å². The standard InChI is InChI=1S/C25H28FN5O4/c1-14(27)11-20(28)30-23-18-10-9-17(34-13-21(32)35-25(2,3)4)12-19(18)29-24(31-23)22(33)15-5-7-16(26)8-6-15/h5-12,22,33H,13,27H2,1-4H3,(H2,28,29,30,31)/b14-11-. The van der Waals surface area contributed by atoms with Crippen LogP contribution >= 0.6 is 0 Å². The lowest BCUT2D eigenvalue weighted by atomic mass is 10.1. The summed E-state index contributed by atoms with van der Waals surface area (Å²) in [6.07, 6.45) is 0.162. The second-order valence-corrected chi connectivity index (χ2v) is 8.87. The summed E-state index contributed by atoms with van der Waals surface area (Å²) < 4.78 is 24.1. The number of amidine groups is 1. The van der Waals surface area contributed by atoms with Crippen LogP contribution in [0.4, 0.5) is 10.2 Å². The van der Waals surface area contributed by atoms with Gasteiger partial charge in [-0.05, 0) is 63.6 Å². The normalized spacial score (nSPS) is 12.8. The largest absolute Gasteiger partial charge is 0.482 e. The molecule has 5 N–H and O–H groups in total. The highest BCUT2D eigenvalue weighted by atomic mass is 19.1. The van der Waals surface area contributed by atoms with Gasteiger partial charge in [-0.3, -0.25) is 5.41 Å². The molecule has 184 valence electrons. The van der Waals surface area contributed by atoms with Gasteiger partial charge in [-0.25, -0.2) is 19.2 Å². The maximum Gasteiger partial charge on any atom is 0.344 e. The van der Waals surface area contributed by atoms with Gasteiger partial charge in [0.15, 0.2) is 12.4 Å². The lowest BCUT2D eigenvalue weighted by Gasteiger charge is -2.19. The minimum absolute atomic E-state index is 0.0162. The summed E-state index contributed by atoms with van der Waals surface area (Å²) in [7, 11) is 0. The van der Waals surface area contributed by atoms with E-state index < -0.39 is 23.5 Å². The number of aromatic nitrogens is 2. The number of esters is 1. The Balaban J connectivity index is 1.98. The Kier molecular flexibility index (Phi) is 7.65. The number of aliphatic hydroxyl groups is 1. The molecule has 3 rings (SSSR count). The van der Waals surface area contributed by atoms with Crippen LogP contribution in [-0.4, -0.2) is 39.1 Å². The quantitative estimate of drug-likeness (QED) is 0.227. The number of aliphatic hydroxyl groups excluding tert-OH is 1. The SMILES string of the molecule is C/C(N)=C/C(=N)Nc1nc(C(O)c2ccc(F)cc2)nc2cc(OCC(=O)OC(C)(C)C)ccc12. The molecule has 0 saturated heterocycles. The maximum absolute atomic E-state index is 13.3. The maximum atomic E-state index is 13.3. The molecule has 0 spiro atoms. The van der Waals surface area contributed by atoms with Crippen molar-refractivity contribution >= 4 is 28.5 Å². The number of rotatable bonds is 7.